The minimum atomic E-state index is 0.271. The Morgan fingerprint density at radius 2 is 1.93 bits per heavy atom. The zero-order chi connectivity index (χ0) is 19.0. The molecule has 1 saturated heterocycles. The number of aryl methyl sites for hydroxylation is 1. The van der Waals surface area contributed by atoms with E-state index in [0.29, 0.717) is 23.2 Å². The van der Waals surface area contributed by atoms with Crippen LogP contribution in [0.2, 0.25) is 0 Å². The topological polar surface area (TPSA) is 38.1 Å². The fraction of sp³-hybridized carbons (Fsp3) is 0.826. The van der Waals surface area contributed by atoms with Gasteiger partial charge < -0.3 is 4.90 Å². The van der Waals surface area contributed by atoms with Crippen molar-refractivity contribution in [2.24, 2.45) is 23.2 Å². The zero-order valence-electron chi connectivity index (χ0n) is 17.5. The minimum absolute atomic E-state index is 0.271. The molecule has 1 aromatic rings. The minimum Gasteiger partial charge on any atom is -0.303 e. The molecule has 2 heterocycles. The van der Waals surface area contributed by atoms with Gasteiger partial charge in [0.25, 0.3) is 0 Å². The summed E-state index contributed by atoms with van der Waals surface area (Å²) in [5.41, 5.74) is 1.91. The van der Waals surface area contributed by atoms with E-state index in [0.717, 1.165) is 18.8 Å². The molecule has 3 aliphatic rings. The molecule has 3 fully saturated rings. The average Bonchev–Trinajstić information content (AvgIpc) is 3.11. The van der Waals surface area contributed by atoms with Crippen LogP contribution in [0.25, 0.3) is 0 Å². The molecule has 1 aromatic heterocycles. The van der Waals surface area contributed by atoms with Crippen LogP contribution in [0.3, 0.4) is 0 Å². The fourth-order valence-electron chi connectivity index (χ4n) is 5.91. The van der Waals surface area contributed by atoms with Crippen molar-refractivity contribution in [1.82, 2.24) is 14.7 Å². The molecule has 27 heavy (non-hydrogen) atoms. The summed E-state index contributed by atoms with van der Waals surface area (Å²) in [6.07, 6.45) is 13.9. The molecular formula is C23H37N3O. The smallest absolute Gasteiger partial charge is 0.138 e. The van der Waals surface area contributed by atoms with Crippen LogP contribution in [0.15, 0.2) is 12.4 Å². The lowest BCUT2D eigenvalue weighted by Gasteiger charge is -2.58. The highest BCUT2D eigenvalue weighted by molar-refractivity contribution is 5.84. The SMILES string of the molecule is CCc1cnn(C2CCN(CC3CC4(C3)CC(C(=O)C(C)CC)C4)CC2)c1. The monoisotopic (exact) mass is 371 g/mol. The molecule has 1 aliphatic heterocycles. The Balaban J connectivity index is 1.16. The third-order valence-electron chi connectivity index (χ3n) is 7.81. The van der Waals surface area contributed by atoms with Crippen molar-refractivity contribution in [3.05, 3.63) is 18.0 Å². The standard InChI is InChI=1S/C23H37N3O/c1-4-17(3)22(27)20-12-23(13-20)10-19(11-23)15-25-8-6-21(7-9-25)26-16-18(5-2)14-24-26/h14,16-17,19-21H,4-13,15H2,1-3H3. The van der Waals surface area contributed by atoms with Gasteiger partial charge in [0, 0.05) is 37.7 Å². The van der Waals surface area contributed by atoms with Gasteiger partial charge in [-0.1, -0.05) is 20.8 Å². The van der Waals surface area contributed by atoms with Gasteiger partial charge in [-0.25, -0.2) is 0 Å². The number of ketones is 1. The number of hydrogen-bond donors (Lipinski definition) is 0. The van der Waals surface area contributed by atoms with Gasteiger partial charge in [-0.2, -0.15) is 5.10 Å². The summed E-state index contributed by atoms with van der Waals surface area (Å²) in [6.45, 7) is 10.1. The number of rotatable bonds is 7. The first kappa shape index (κ1) is 19.2. The number of Topliss-reactive ketones (excluding diaryl/α,β-unsaturated/α-hetero) is 1. The molecular weight excluding hydrogens is 334 g/mol. The Morgan fingerprint density at radius 1 is 1.22 bits per heavy atom. The van der Waals surface area contributed by atoms with Crippen LogP contribution in [-0.2, 0) is 11.2 Å². The molecule has 1 spiro atoms. The molecule has 4 nitrogen and oxygen atoms in total. The third-order valence-corrected chi connectivity index (χ3v) is 7.81. The zero-order valence-corrected chi connectivity index (χ0v) is 17.5. The second-order valence-corrected chi connectivity index (χ2v) is 9.81. The molecule has 2 aliphatic carbocycles. The molecule has 4 heteroatoms. The van der Waals surface area contributed by atoms with E-state index in [1.807, 2.05) is 6.20 Å². The van der Waals surface area contributed by atoms with Crippen molar-refractivity contribution in [2.45, 2.75) is 78.2 Å². The maximum Gasteiger partial charge on any atom is 0.138 e. The number of hydrogen-bond acceptors (Lipinski definition) is 3. The first-order valence-electron chi connectivity index (χ1n) is 11.3. The Bertz CT molecular complexity index is 644. The van der Waals surface area contributed by atoms with Crippen LogP contribution in [0.5, 0.6) is 0 Å². The van der Waals surface area contributed by atoms with E-state index < -0.39 is 0 Å². The predicted octanol–water partition coefficient (Wildman–Crippen LogP) is 4.50. The average molecular weight is 372 g/mol. The van der Waals surface area contributed by atoms with E-state index in [-0.39, 0.29) is 5.92 Å². The van der Waals surface area contributed by atoms with Crippen LogP contribution < -0.4 is 0 Å². The highest BCUT2D eigenvalue weighted by atomic mass is 16.1. The van der Waals surface area contributed by atoms with Crippen LogP contribution in [0.4, 0.5) is 0 Å². The summed E-state index contributed by atoms with van der Waals surface area (Å²) in [6, 6.07) is 0.591. The maximum atomic E-state index is 12.3. The van der Waals surface area contributed by atoms with Crippen molar-refractivity contribution in [3.63, 3.8) is 0 Å². The van der Waals surface area contributed by atoms with E-state index in [1.54, 1.807) is 0 Å². The van der Waals surface area contributed by atoms with Gasteiger partial charge >= 0.3 is 0 Å². The van der Waals surface area contributed by atoms with Crippen molar-refractivity contribution >= 4 is 5.78 Å². The quantitative estimate of drug-likeness (QED) is 0.708. The Labute approximate surface area is 164 Å². The lowest BCUT2D eigenvalue weighted by molar-refractivity contribution is -0.143. The van der Waals surface area contributed by atoms with Crippen LogP contribution in [0, 0.1) is 23.2 Å². The van der Waals surface area contributed by atoms with Gasteiger partial charge in [0.05, 0.1) is 12.2 Å². The molecule has 0 aromatic carbocycles. The second kappa shape index (κ2) is 7.69. The molecule has 0 amide bonds. The van der Waals surface area contributed by atoms with Gasteiger partial charge in [-0.15, -0.1) is 0 Å². The number of carbonyl (C=O) groups excluding carboxylic acids is 1. The number of carbonyl (C=O) groups is 1. The molecule has 0 N–H and O–H groups in total. The molecule has 1 unspecified atom stereocenters. The Morgan fingerprint density at radius 3 is 2.52 bits per heavy atom. The summed E-state index contributed by atoms with van der Waals surface area (Å²) < 4.78 is 2.21. The van der Waals surface area contributed by atoms with E-state index in [2.05, 4.69) is 41.6 Å². The molecule has 1 atom stereocenters. The summed E-state index contributed by atoms with van der Waals surface area (Å²) >= 11 is 0. The van der Waals surface area contributed by atoms with Crippen molar-refractivity contribution in [1.29, 1.82) is 0 Å². The fourth-order valence-corrected chi connectivity index (χ4v) is 5.91. The largest absolute Gasteiger partial charge is 0.303 e. The Kier molecular flexibility index (Phi) is 5.46. The summed E-state index contributed by atoms with van der Waals surface area (Å²) in [5.74, 6) is 2.07. The number of aromatic nitrogens is 2. The van der Waals surface area contributed by atoms with Crippen molar-refractivity contribution in [2.75, 3.05) is 19.6 Å². The second-order valence-electron chi connectivity index (χ2n) is 9.81. The van der Waals surface area contributed by atoms with E-state index >= 15 is 0 Å². The summed E-state index contributed by atoms with van der Waals surface area (Å²) in [5, 5.41) is 4.57. The summed E-state index contributed by atoms with van der Waals surface area (Å²) in [7, 11) is 0. The van der Waals surface area contributed by atoms with Gasteiger partial charge in [-0.3, -0.25) is 9.48 Å². The van der Waals surface area contributed by atoms with Crippen LogP contribution in [-0.4, -0.2) is 40.1 Å². The number of nitrogens with zero attached hydrogens (tertiary/aromatic N) is 3. The van der Waals surface area contributed by atoms with Gasteiger partial charge in [-0.05, 0) is 68.3 Å². The first-order chi connectivity index (χ1) is 13.0. The number of likely N-dealkylation sites (tertiary alicyclic amines) is 1. The molecule has 0 radical (unpaired) electrons. The van der Waals surface area contributed by atoms with Crippen LogP contribution >= 0.6 is 0 Å². The Hall–Kier alpha value is -1.16. The summed E-state index contributed by atoms with van der Waals surface area (Å²) in [4.78, 5) is 15.0. The molecule has 4 rings (SSSR count). The first-order valence-corrected chi connectivity index (χ1v) is 11.3. The van der Waals surface area contributed by atoms with Gasteiger partial charge in [0.2, 0.25) is 0 Å². The highest BCUT2D eigenvalue weighted by Gasteiger charge is 2.54. The van der Waals surface area contributed by atoms with Crippen molar-refractivity contribution in [3.8, 4) is 0 Å². The third kappa shape index (κ3) is 3.87. The predicted molar refractivity (Wildman–Crippen MR) is 109 cm³/mol. The van der Waals surface area contributed by atoms with Crippen LogP contribution in [0.1, 0.15) is 77.3 Å². The lowest BCUT2D eigenvalue weighted by Crippen LogP contribution is -2.53. The highest BCUT2D eigenvalue weighted by Crippen LogP contribution is 2.61. The van der Waals surface area contributed by atoms with E-state index in [9.17, 15) is 4.79 Å². The van der Waals surface area contributed by atoms with E-state index in [1.165, 1.54) is 63.7 Å². The molecule has 0 bridgehead atoms. The van der Waals surface area contributed by atoms with E-state index in [4.69, 9.17) is 0 Å². The number of piperidine rings is 1. The van der Waals surface area contributed by atoms with Gasteiger partial charge in [0.15, 0.2) is 0 Å². The van der Waals surface area contributed by atoms with Gasteiger partial charge in [0.1, 0.15) is 5.78 Å². The normalized spacial score (nSPS) is 32.9. The molecule has 2 saturated carbocycles. The van der Waals surface area contributed by atoms with Crippen molar-refractivity contribution < 1.29 is 4.79 Å². The maximum absolute atomic E-state index is 12.3. The lowest BCUT2D eigenvalue weighted by atomic mass is 9.47. The molecule has 150 valence electrons.